The van der Waals surface area contributed by atoms with Crippen molar-refractivity contribution in [1.29, 1.82) is 0 Å². The van der Waals surface area contributed by atoms with Gasteiger partial charge in [-0.2, -0.15) is 0 Å². The molecule has 0 saturated carbocycles. The second-order valence-electron chi connectivity index (χ2n) is 5.69. The SMILES string of the molecule is O=C1CCc2cc(C(O)CCC3CCCO3)ccc2N1. The van der Waals surface area contributed by atoms with E-state index in [-0.39, 0.29) is 5.91 Å². The molecular weight excluding hydrogens is 254 g/mol. The zero-order valence-electron chi connectivity index (χ0n) is 11.6. The molecule has 0 aromatic heterocycles. The van der Waals surface area contributed by atoms with Gasteiger partial charge in [-0.3, -0.25) is 4.79 Å². The number of amides is 1. The van der Waals surface area contributed by atoms with Crippen LogP contribution < -0.4 is 5.32 Å². The number of anilines is 1. The van der Waals surface area contributed by atoms with E-state index in [1.54, 1.807) is 0 Å². The van der Waals surface area contributed by atoms with E-state index in [1.807, 2.05) is 18.2 Å². The van der Waals surface area contributed by atoms with Gasteiger partial charge in [-0.1, -0.05) is 12.1 Å². The van der Waals surface area contributed by atoms with Gasteiger partial charge in [0.05, 0.1) is 12.2 Å². The number of carbonyl (C=O) groups excluding carboxylic acids is 1. The fraction of sp³-hybridized carbons (Fsp3) is 0.562. The van der Waals surface area contributed by atoms with Gasteiger partial charge in [0.2, 0.25) is 5.91 Å². The van der Waals surface area contributed by atoms with Crippen LogP contribution in [0.3, 0.4) is 0 Å². The van der Waals surface area contributed by atoms with E-state index in [2.05, 4.69) is 5.32 Å². The number of hydrogen-bond donors (Lipinski definition) is 2. The molecule has 4 heteroatoms. The third-order valence-electron chi connectivity index (χ3n) is 4.20. The van der Waals surface area contributed by atoms with Crippen LogP contribution in [0.4, 0.5) is 5.69 Å². The average Bonchev–Trinajstić information content (AvgIpc) is 2.97. The number of benzene rings is 1. The summed E-state index contributed by atoms with van der Waals surface area (Å²) >= 11 is 0. The molecule has 1 amide bonds. The van der Waals surface area contributed by atoms with Gasteiger partial charge in [0.25, 0.3) is 0 Å². The highest BCUT2D eigenvalue weighted by atomic mass is 16.5. The molecule has 0 spiro atoms. The number of aliphatic hydroxyl groups excluding tert-OH is 1. The Morgan fingerprint density at radius 3 is 3.10 bits per heavy atom. The standard InChI is InChI=1S/C16H21NO3/c18-15(7-5-13-2-1-9-20-13)12-3-6-14-11(10-12)4-8-16(19)17-14/h3,6,10,13,15,18H,1-2,4-5,7-9H2,(H,17,19). The van der Waals surface area contributed by atoms with Gasteiger partial charge in [0.15, 0.2) is 0 Å². The summed E-state index contributed by atoms with van der Waals surface area (Å²) in [5.41, 5.74) is 2.95. The highest BCUT2D eigenvalue weighted by molar-refractivity contribution is 5.93. The number of nitrogens with one attached hydrogen (secondary N) is 1. The number of aryl methyl sites for hydroxylation is 1. The smallest absolute Gasteiger partial charge is 0.224 e. The van der Waals surface area contributed by atoms with Crippen LogP contribution in [-0.4, -0.2) is 23.7 Å². The maximum atomic E-state index is 11.3. The topological polar surface area (TPSA) is 58.6 Å². The molecule has 1 saturated heterocycles. The van der Waals surface area contributed by atoms with Gasteiger partial charge in [0, 0.05) is 18.7 Å². The predicted molar refractivity (Wildman–Crippen MR) is 76.6 cm³/mol. The van der Waals surface area contributed by atoms with Crippen molar-refractivity contribution in [3.8, 4) is 0 Å². The molecule has 0 radical (unpaired) electrons. The molecule has 4 nitrogen and oxygen atoms in total. The van der Waals surface area contributed by atoms with E-state index < -0.39 is 6.10 Å². The molecule has 1 fully saturated rings. The van der Waals surface area contributed by atoms with E-state index in [1.165, 1.54) is 0 Å². The summed E-state index contributed by atoms with van der Waals surface area (Å²) < 4.78 is 5.58. The fourth-order valence-corrected chi connectivity index (χ4v) is 2.99. The summed E-state index contributed by atoms with van der Waals surface area (Å²) in [5, 5.41) is 13.2. The van der Waals surface area contributed by atoms with Crippen LogP contribution in [0.25, 0.3) is 0 Å². The molecule has 0 bridgehead atoms. The van der Waals surface area contributed by atoms with Crippen molar-refractivity contribution < 1.29 is 14.6 Å². The first kappa shape index (κ1) is 13.6. The molecule has 2 atom stereocenters. The number of fused-ring (bicyclic) bond motifs is 1. The second-order valence-corrected chi connectivity index (χ2v) is 5.69. The van der Waals surface area contributed by atoms with Crippen molar-refractivity contribution >= 4 is 11.6 Å². The number of rotatable bonds is 4. The Morgan fingerprint density at radius 1 is 1.40 bits per heavy atom. The Balaban J connectivity index is 1.62. The van der Waals surface area contributed by atoms with Gasteiger partial charge in [-0.05, 0) is 49.3 Å². The molecule has 1 aromatic rings. The predicted octanol–water partition coefficient (Wildman–Crippen LogP) is 2.56. The van der Waals surface area contributed by atoms with Crippen LogP contribution in [0.5, 0.6) is 0 Å². The van der Waals surface area contributed by atoms with E-state index >= 15 is 0 Å². The lowest BCUT2D eigenvalue weighted by Gasteiger charge is -2.20. The quantitative estimate of drug-likeness (QED) is 0.888. The molecule has 108 valence electrons. The lowest BCUT2D eigenvalue weighted by atomic mass is 9.96. The molecule has 0 aliphatic carbocycles. The van der Waals surface area contributed by atoms with Crippen molar-refractivity contribution in [2.24, 2.45) is 0 Å². The molecule has 2 heterocycles. The Bertz CT molecular complexity index is 494. The number of hydrogen-bond acceptors (Lipinski definition) is 3. The van der Waals surface area contributed by atoms with E-state index in [9.17, 15) is 9.90 Å². The van der Waals surface area contributed by atoms with Crippen molar-refractivity contribution in [2.75, 3.05) is 11.9 Å². The van der Waals surface area contributed by atoms with Gasteiger partial charge in [-0.25, -0.2) is 0 Å². The van der Waals surface area contributed by atoms with E-state index in [0.717, 1.165) is 55.5 Å². The molecule has 2 unspecified atom stereocenters. The molecule has 2 N–H and O–H groups in total. The molecule has 2 aliphatic rings. The minimum atomic E-state index is -0.442. The van der Waals surface area contributed by atoms with Gasteiger partial charge >= 0.3 is 0 Å². The minimum Gasteiger partial charge on any atom is -0.388 e. The summed E-state index contributed by atoms with van der Waals surface area (Å²) in [6.45, 7) is 0.860. The minimum absolute atomic E-state index is 0.0733. The third kappa shape index (κ3) is 3.02. The molecular formula is C16H21NO3. The Hall–Kier alpha value is -1.39. The largest absolute Gasteiger partial charge is 0.388 e. The van der Waals surface area contributed by atoms with Crippen molar-refractivity contribution in [2.45, 2.75) is 50.7 Å². The fourth-order valence-electron chi connectivity index (χ4n) is 2.99. The Labute approximate surface area is 119 Å². The first-order valence-corrected chi connectivity index (χ1v) is 7.45. The first-order chi connectivity index (χ1) is 9.72. The van der Waals surface area contributed by atoms with Crippen molar-refractivity contribution in [3.63, 3.8) is 0 Å². The van der Waals surface area contributed by atoms with Crippen LogP contribution in [0.15, 0.2) is 18.2 Å². The summed E-state index contributed by atoms with van der Waals surface area (Å²) in [5.74, 6) is 0.0733. The van der Waals surface area contributed by atoms with Crippen LogP contribution in [-0.2, 0) is 16.0 Å². The van der Waals surface area contributed by atoms with Crippen LogP contribution in [0, 0.1) is 0 Å². The molecule has 3 rings (SSSR count). The van der Waals surface area contributed by atoms with Crippen LogP contribution in [0.1, 0.15) is 49.3 Å². The molecule has 1 aromatic carbocycles. The number of aliphatic hydroxyl groups is 1. The van der Waals surface area contributed by atoms with Crippen LogP contribution >= 0.6 is 0 Å². The maximum Gasteiger partial charge on any atom is 0.224 e. The zero-order chi connectivity index (χ0) is 13.9. The normalized spacial score (nSPS) is 23.2. The molecule has 20 heavy (non-hydrogen) atoms. The van der Waals surface area contributed by atoms with Crippen molar-refractivity contribution in [1.82, 2.24) is 0 Å². The third-order valence-corrected chi connectivity index (χ3v) is 4.20. The zero-order valence-corrected chi connectivity index (χ0v) is 11.6. The second kappa shape index (κ2) is 5.94. The summed E-state index contributed by atoms with van der Waals surface area (Å²) in [7, 11) is 0. The van der Waals surface area contributed by atoms with Gasteiger partial charge in [0.1, 0.15) is 0 Å². The van der Waals surface area contributed by atoms with Gasteiger partial charge in [-0.15, -0.1) is 0 Å². The van der Waals surface area contributed by atoms with Crippen molar-refractivity contribution in [3.05, 3.63) is 29.3 Å². The summed E-state index contributed by atoms with van der Waals surface area (Å²) in [4.78, 5) is 11.3. The highest BCUT2D eigenvalue weighted by Gasteiger charge is 2.19. The Kier molecular flexibility index (Phi) is 4.03. The monoisotopic (exact) mass is 275 g/mol. The lowest BCUT2D eigenvalue weighted by molar-refractivity contribution is -0.116. The summed E-state index contributed by atoms with van der Waals surface area (Å²) in [6.07, 6.45) is 5.06. The Morgan fingerprint density at radius 2 is 2.30 bits per heavy atom. The highest BCUT2D eigenvalue weighted by Crippen LogP contribution is 2.29. The number of carbonyl (C=O) groups is 1. The lowest BCUT2D eigenvalue weighted by Crippen LogP contribution is -2.19. The van der Waals surface area contributed by atoms with E-state index in [4.69, 9.17) is 4.74 Å². The maximum absolute atomic E-state index is 11.3. The average molecular weight is 275 g/mol. The number of ether oxygens (including phenoxy) is 1. The van der Waals surface area contributed by atoms with Crippen LogP contribution in [0.2, 0.25) is 0 Å². The van der Waals surface area contributed by atoms with Gasteiger partial charge < -0.3 is 15.2 Å². The molecule has 2 aliphatic heterocycles. The first-order valence-electron chi connectivity index (χ1n) is 7.45. The van der Waals surface area contributed by atoms with E-state index in [0.29, 0.717) is 12.5 Å². The summed E-state index contributed by atoms with van der Waals surface area (Å²) in [6, 6.07) is 5.83.